The van der Waals surface area contributed by atoms with E-state index in [9.17, 15) is 8.42 Å². The first-order valence-electron chi connectivity index (χ1n) is 8.60. The number of benzene rings is 1. The Hall–Kier alpha value is -2.00. The number of nitrogens with zero attached hydrogens (tertiary/aromatic N) is 2. The summed E-state index contributed by atoms with van der Waals surface area (Å²) in [7, 11) is 1.73. The fourth-order valence-corrected chi connectivity index (χ4v) is 3.05. The van der Waals surface area contributed by atoms with Crippen LogP contribution in [0.15, 0.2) is 23.2 Å². The van der Waals surface area contributed by atoms with E-state index in [0.29, 0.717) is 43.6 Å². The summed E-state index contributed by atoms with van der Waals surface area (Å²) in [6.45, 7) is 5.15. The van der Waals surface area contributed by atoms with Crippen molar-refractivity contribution in [2.45, 2.75) is 20.3 Å². The minimum atomic E-state index is -3.14. The lowest BCUT2D eigenvalue weighted by Gasteiger charge is -2.17. The van der Waals surface area contributed by atoms with Gasteiger partial charge in [0, 0.05) is 38.9 Å². The molecule has 0 bridgehead atoms. The zero-order chi connectivity index (χ0) is 19.6. The third-order valence-corrected chi connectivity index (χ3v) is 5.59. The van der Waals surface area contributed by atoms with Crippen LogP contribution < -0.4 is 20.1 Å². The monoisotopic (exact) mass is 386 g/mol. The van der Waals surface area contributed by atoms with Gasteiger partial charge in [-0.2, -0.15) is 0 Å². The molecule has 0 atom stereocenters. The molecule has 0 aromatic heterocycles. The van der Waals surface area contributed by atoms with Crippen molar-refractivity contribution in [1.29, 1.82) is 0 Å². The van der Waals surface area contributed by atoms with Crippen molar-refractivity contribution in [3.05, 3.63) is 18.2 Å². The molecule has 0 unspecified atom stereocenters. The number of hydrogen-bond acceptors (Lipinski definition) is 5. The quantitative estimate of drug-likeness (QED) is 0.362. The van der Waals surface area contributed by atoms with Gasteiger partial charge in [0.1, 0.15) is 0 Å². The van der Waals surface area contributed by atoms with Crippen LogP contribution in [0.2, 0.25) is 0 Å². The van der Waals surface area contributed by atoms with E-state index in [4.69, 9.17) is 9.47 Å². The molecule has 0 amide bonds. The smallest absolute Gasteiger partial charge is 0.213 e. The molecular formula is C17H30N4O4S. The van der Waals surface area contributed by atoms with Crippen LogP contribution in [-0.2, 0) is 10.0 Å². The number of nitrogens with one attached hydrogen (secondary N) is 2. The van der Waals surface area contributed by atoms with Crippen LogP contribution in [0.3, 0.4) is 0 Å². The number of hydrogen-bond donors (Lipinski definition) is 2. The molecule has 0 aliphatic heterocycles. The van der Waals surface area contributed by atoms with Crippen molar-refractivity contribution >= 4 is 21.7 Å². The predicted octanol–water partition coefficient (Wildman–Crippen LogP) is 1.75. The molecule has 0 aliphatic carbocycles. The first kappa shape index (κ1) is 22.0. The lowest BCUT2D eigenvalue weighted by atomic mass is 10.2. The van der Waals surface area contributed by atoms with Gasteiger partial charge in [-0.05, 0) is 32.4 Å². The van der Waals surface area contributed by atoms with Crippen LogP contribution in [0.4, 0.5) is 5.69 Å². The Balaban J connectivity index is 2.57. The van der Waals surface area contributed by atoms with E-state index >= 15 is 0 Å². The number of methoxy groups -OCH3 is 1. The molecule has 1 aromatic rings. The summed E-state index contributed by atoms with van der Waals surface area (Å²) in [4.78, 5) is 4.17. The van der Waals surface area contributed by atoms with Gasteiger partial charge < -0.3 is 20.1 Å². The topological polar surface area (TPSA) is 92.3 Å². The minimum absolute atomic E-state index is 0.111. The second-order valence-electron chi connectivity index (χ2n) is 5.50. The van der Waals surface area contributed by atoms with Gasteiger partial charge in [0.25, 0.3) is 0 Å². The maximum atomic E-state index is 11.7. The SMILES string of the molecule is CCOc1cc(NC(=NC)NCCCN(C)S(=O)(=O)CC)ccc1OC. The van der Waals surface area contributed by atoms with E-state index < -0.39 is 10.0 Å². The maximum absolute atomic E-state index is 11.7. The molecule has 2 N–H and O–H groups in total. The van der Waals surface area contributed by atoms with Gasteiger partial charge in [-0.25, -0.2) is 12.7 Å². The maximum Gasteiger partial charge on any atom is 0.213 e. The molecule has 0 aliphatic rings. The molecular weight excluding hydrogens is 356 g/mol. The molecule has 0 radical (unpaired) electrons. The highest BCUT2D eigenvalue weighted by molar-refractivity contribution is 7.89. The third-order valence-electron chi connectivity index (χ3n) is 3.73. The predicted molar refractivity (Wildman–Crippen MR) is 106 cm³/mol. The van der Waals surface area contributed by atoms with Gasteiger partial charge in [0.2, 0.25) is 10.0 Å². The zero-order valence-corrected chi connectivity index (χ0v) is 17.0. The van der Waals surface area contributed by atoms with Crippen molar-refractivity contribution in [2.75, 3.05) is 52.0 Å². The molecule has 0 fully saturated rings. The van der Waals surface area contributed by atoms with Gasteiger partial charge >= 0.3 is 0 Å². The third kappa shape index (κ3) is 6.72. The van der Waals surface area contributed by atoms with Crippen LogP contribution in [-0.4, -0.2) is 65.3 Å². The van der Waals surface area contributed by atoms with E-state index in [1.54, 1.807) is 28.1 Å². The average molecular weight is 387 g/mol. The molecule has 0 saturated carbocycles. The fraction of sp³-hybridized carbons (Fsp3) is 0.588. The van der Waals surface area contributed by atoms with E-state index in [0.717, 1.165) is 5.69 Å². The minimum Gasteiger partial charge on any atom is -0.493 e. The number of anilines is 1. The van der Waals surface area contributed by atoms with E-state index in [1.807, 2.05) is 25.1 Å². The van der Waals surface area contributed by atoms with Crippen LogP contribution in [0, 0.1) is 0 Å². The van der Waals surface area contributed by atoms with E-state index in [2.05, 4.69) is 15.6 Å². The normalized spacial score (nSPS) is 12.2. The van der Waals surface area contributed by atoms with Gasteiger partial charge in [-0.1, -0.05) is 0 Å². The molecule has 1 aromatic carbocycles. The molecule has 8 nitrogen and oxygen atoms in total. The summed E-state index contributed by atoms with van der Waals surface area (Å²) in [5, 5.41) is 6.35. The first-order chi connectivity index (χ1) is 12.4. The number of aliphatic imine (C=N–C) groups is 1. The lowest BCUT2D eigenvalue weighted by molar-refractivity contribution is 0.311. The Morgan fingerprint density at radius 2 is 2.00 bits per heavy atom. The van der Waals surface area contributed by atoms with E-state index in [1.165, 1.54) is 4.31 Å². The summed E-state index contributed by atoms with van der Waals surface area (Å²) in [6, 6.07) is 5.54. The average Bonchev–Trinajstić information content (AvgIpc) is 2.64. The molecule has 9 heteroatoms. The molecule has 1 rings (SSSR count). The van der Waals surface area contributed by atoms with Crippen LogP contribution in [0.5, 0.6) is 11.5 Å². The number of rotatable bonds is 10. The Morgan fingerprint density at radius 1 is 1.27 bits per heavy atom. The highest BCUT2D eigenvalue weighted by atomic mass is 32.2. The van der Waals surface area contributed by atoms with Crippen LogP contribution >= 0.6 is 0 Å². The second kappa shape index (κ2) is 10.9. The van der Waals surface area contributed by atoms with Gasteiger partial charge in [-0.15, -0.1) is 0 Å². The van der Waals surface area contributed by atoms with Crippen molar-refractivity contribution in [1.82, 2.24) is 9.62 Å². The van der Waals surface area contributed by atoms with Gasteiger partial charge in [0.05, 0.1) is 19.5 Å². The Morgan fingerprint density at radius 3 is 2.58 bits per heavy atom. The number of sulfonamides is 1. The first-order valence-corrected chi connectivity index (χ1v) is 10.2. The number of guanidine groups is 1. The second-order valence-corrected chi connectivity index (χ2v) is 7.86. The van der Waals surface area contributed by atoms with E-state index in [-0.39, 0.29) is 5.75 Å². The highest BCUT2D eigenvalue weighted by Crippen LogP contribution is 2.30. The molecule has 0 spiro atoms. The molecule has 0 saturated heterocycles. The Kier molecular flexibility index (Phi) is 9.22. The standard InChI is InChI=1S/C17H30N4O4S/c1-6-25-16-13-14(9-10-15(16)24-5)20-17(18-3)19-11-8-12-21(4)26(22,23)7-2/h9-10,13H,6-8,11-12H2,1-5H3,(H2,18,19,20). The van der Waals surface area contributed by atoms with Gasteiger partial charge in [0.15, 0.2) is 17.5 Å². The van der Waals surface area contributed by atoms with Crippen molar-refractivity contribution in [3.63, 3.8) is 0 Å². The summed E-state index contributed by atoms with van der Waals surface area (Å²) >= 11 is 0. The Labute approximate surface area is 156 Å². The highest BCUT2D eigenvalue weighted by Gasteiger charge is 2.14. The summed E-state index contributed by atoms with van der Waals surface area (Å²) in [6.07, 6.45) is 0.670. The number of ether oxygens (including phenoxy) is 2. The Bertz CT molecular complexity index is 692. The van der Waals surface area contributed by atoms with Crippen molar-refractivity contribution in [3.8, 4) is 11.5 Å². The van der Waals surface area contributed by atoms with Crippen LogP contribution in [0.1, 0.15) is 20.3 Å². The molecule has 26 heavy (non-hydrogen) atoms. The molecule has 0 heterocycles. The molecule has 148 valence electrons. The summed E-state index contributed by atoms with van der Waals surface area (Å²) < 4.78 is 35.6. The lowest BCUT2D eigenvalue weighted by Crippen LogP contribution is -2.35. The largest absolute Gasteiger partial charge is 0.493 e. The zero-order valence-electron chi connectivity index (χ0n) is 16.2. The van der Waals surface area contributed by atoms with Gasteiger partial charge in [-0.3, -0.25) is 4.99 Å². The van der Waals surface area contributed by atoms with Crippen molar-refractivity contribution < 1.29 is 17.9 Å². The van der Waals surface area contributed by atoms with Crippen molar-refractivity contribution in [2.24, 2.45) is 4.99 Å². The van der Waals surface area contributed by atoms with Crippen LogP contribution in [0.25, 0.3) is 0 Å². The fourth-order valence-electron chi connectivity index (χ4n) is 2.21. The summed E-state index contributed by atoms with van der Waals surface area (Å²) in [5.41, 5.74) is 0.813. The summed E-state index contributed by atoms with van der Waals surface area (Å²) in [5.74, 6) is 2.03.